The molecule has 0 spiro atoms. The van der Waals surface area contributed by atoms with E-state index in [1.807, 2.05) is 10.7 Å². The lowest BCUT2D eigenvalue weighted by molar-refractivity contribution is 0.0897. The van der Waals surface area contributed by atoms with Crippen molar-refractivity contribution in [3.05, 3.63) is 47.7 Å². The average Bonchev–Trinajstić information content (AvgIpc) is 3.30. The summed E-state index contributed by atoms with van der Waals surface area (Å²) in [4.78, 5) is 13.1. The highest BCUT2D eigenvalue weighted by Gasteiger charge is 2.39. The van der Waals surface area contributed by atoms with E-state index in [2.05, 4.69) is 60.8 Å². The van der Waals surface area contributed by atoms with E-state index in [4.69, 9.17) is 0 Å². The lowest BCUT2D eigenvalue weighted by Crippen LogP contribution is -2.46. The Morgan fingerprint density at radius 1 is 1.26 bits per heavy atom. The molecule has 4 rings (SSSR count). The Hall–Kier alpha value is -2.30. The van der Waals surface area contributed by atoms with Gasteiger partial charge in [-0.2, -0.15) is 5.10 Å². The number of nitrogens with one attached hydrogen (secondary N) is 2. The number of benzene rings is 1. The Bertz CT molecular complexity index is 818. The molecule has 1 atom stereocenters. The van der Waals surface area contributed by atoms with Gasteiger partial charge < -0.3 is 10.6 Å². The Morgan fingerprint density at radius 2 is 1.96 bits per heavy atom. The highest BCUT2D eigenvalue weighted by atomic mass is 16.1. The zero-order chi connectivity index (χ0) is 19.1. The molecule has 2 aromatic rings. The van der Waals surface area contributed by atoms with Gasteiger partial charge in [-0.25, -0.2) is 4.68 Å². The first-order chi connectivity index (χ1) is 12.9. The summed E-state index contributed by atoms with van der Waals surface area (Å²) in [6.45, 7) is 6.55. The maximum Gasteiger partial charge on any atom is 0.257 e. The Kier molecular flexibility index (Phi) is 4.49. The predicted molar refractivity (Wildman–Crippen MR) is 108 cm³/mol. The average molecular weight is 367 g/mol. The molecular weight excluding hydrogens is 336 g/mol. The van der Waals surface area contributed by atoms with Crippen LogP contribution in [0.25, 0.3) is 0 Å². The largest absolute Gasteiger partial charge is 0.363 e. The molecule has 0 bridgehead atoms. The number of hydrogen-bond donors (Lipinski definition) is 2. The minimum atomic E-state index is -0.157. The van der Waals surface area contributed by atoms with Crippen molar-refractivity contribution >= 4 is 11.7 Å². The number of fused-ring (bicyclic) bond motifs is 1. The summed E-state index contributed by atoms with van der Waals surface area (Å²) in [5.41, 5.74) is 1.69. The lowest BCUT2D eigenvalue weighted by atomic mass is 9.89. The number of carbonyl (C=O) groups is 1. The number of anilines is 1. The van der Waals surface area contributed by atoms with Crippen LogP contribution in [-0.2, 0) is 5.54 Å². The zero-order valence-electron chi connectivity index (χ0n) is 16.6. The Labute approximate surface area is 161 Å². The maximum absolute atomic E-state index is 13.1. The van der Waals surface area contributed by atoms with Crippen molar-refractivity contribution in [2.45, 2.75) is 76.4 Å². The third-order valence-electron chi connectivity index (χ3n) is 6.42. The highest BCUT2D eigenvalue weighted by molar-refractivity contribution is 5.99. The van der Waals surface area contributed by atoms with Crippen molar-refractivity contribution in [2.24, 2.45) is 0 Å². The fourth-order valence-electron chi connectivity index (χ4n) is 4.73. The van der Waals surface area contributed by atoms with E-state index >= 15 is 0 Å². The van der Waals surface area contributed by atoms with Crippen LogP contribution in [0.2, 0.25) is 0 Å². The molecule has 1 saturated carbocycles. The maximum atomic E-state index is 13.1. The van der Waals surface area contributed by atoms with Gasteiger partial charge in [-0.3, -0.25) is 4.79 Å². The summed E-state index contributed by atoms with van der Waals surface area (Å²) >= 11 is 0. The van der Waals surface area contributed by atoms with E-state index in [0.717, 1.165) is 31.5 Å². The predicted octanol–water partition coefficient (Wildman–Crippen LogP) is 4.63. The molecule has 2 heterocycles. The molecule has 2 aliphatic rings. The van der Waals surface area contributed by atoms with E-state index in [9.17, 15) is 4.79 Å². The first-order valence-corrected chi connectivity index (χ1v) is 10.2. The topological polar surface area (TPSA) is 59.0 Å². The standard InChI is InChI=1S/C22H30N4O/c1-4-22(12-8-9-13-22)25-20(27)17-15-23-26-19(17)24-18(14-21(26,2)3)16-10-6-5-7-11-16/h5-7,10-11,15,18,24H,4,8-9,12-14H2,1-3H3,(H,25,27). The summed E-state index contributed by atoms with van der Waals surface area (Å²) in [5, 5.41) is 11.5. The van der Waals surface area contributed by atoms with Gasteiger partial charge in [-0.1, -0.05) is 50.1 Å². The van der Waals surface area contributed by atoms with Gasteiger partial charge in [0.25, 0.3) is 5.91 Å². The molecule has 1 amide bonds. The van der Waals surface area contributed by atoms with Crippen LogP contribution in [0.4, 0.5) is 5.82 Å². The van der Waals surface area contributed by atoms with Crippen molar-refractivity contribution < 1.29 is 4.79 Å². The van der Waals surface area contributed by atoms with Crippen molar-refractivity contribution in [1.82, 2.24) is 15.1 Å². The van der Waals surface area contributed by atoms with Crippen LogP contribution < -0.4 is 10.6 Å². The first kappa shape index (κ1) is 18.1. The van der Waals surface area contributed by atoms with E-state index in [1.165, 1.54) is 18.4 Å². The van der Waals surface area contributed by atoms with Gasteiger partial charge in [0, 0.05) is 5.54 Å². The second-order valence-electron chi connectivity index (χ2n) is 8.74. The minimum Gasteiger partial charge on any atom is -0.363 e. The highest BCUT2D eigenvalue weighted by Crippen LogP contribution is 2.40. The van der Waals surface area contributed by atoms with Gasteiger partial charge in [-0.15, -0.1) is 0 Å². The zero-order valence-corrected chi connectivity index (χ0v) is 16.6. The first-order valence-electron chi connectivity index (χ1n) is 10.2. The number of nitrogens with zero attached hydrogens (tertiary/aromatic N) is 2. The molecule has 5 heteroatoms. The van der Waals surface area contributed by atoms with Gasteiger partial charge in [0.05, 0.1) is 17.8 Å². The fraction of sp³-hybridized carbons (Fsp3) is 0.545. The summed E-state index contributed by atoms with van der Waals surface area (Å²) in [5.74, 6) is 0.832. The molecule has 1 unspecified atom stereocenters. The van der Waals surface area contributed by atoms with Crippen molar-refractivity contribution in [2.75, 3.05) is 5.32 Å². The third kappa shape index (κ3) is 3.24. The Morgan fingerprint density at radius 3 is 2.63 bits per heavy atom. The number of carbonyl (C=O) groups excluding carboxylic acids is 1. The molecule has 1 aliphatic heterocycles. The number of amides is 1. The SMILES string of the molecule is CCC1(NC(=O)c2cnn3c2NC(c2ccccc2)CC3(C)C)CCCC1. The molecule has 5 nitrogen and oxygen atoms in total. The summed E-state index contributed by atoms with van der Waals surface area (Å²) < 4.78 is 1.98. The normalized spacial score (nSPS) is 22.7. The quantitative estimate of drug-likeness (QED) is 0.829. The van der Waals surface area contributed by atoms with Crippen LogP contribution in [0.3, 0.4) is 0 Å². The van der Waals surface area contributed by atoms with Crippen LogP contribution >= 0.6 is 0 Å². The minimum absolute atomic E-state index is 0.00277. The second-order valence-corrected chi connectivity index (χ2v) is 8.74. The Balaban J connectivity index is 1.64. The van der Waals surface area contributed by atoms with Crippen LogP contribution in [0.15, 0.2) is 36.5 Å². The third-order valence-corrected chi connectivity index (χ3v) is 6.42. The van der Waals surface area contributed by atoms with E-state index in [1.54, 1.807) is 6.20 Å². The summed E-state index contributed by atoms with van der Waals surface area (Å²) in [7, 11) is 0. The van der Waals surface area contributed by atoms with Gasteiger partial charge in [0.15, 0.2) is 0 Å². The van der Waals surface area contributed by atoms with Gasteiger partial charge in [0.2, 0.25) is 0 Å². The van der Waals surface area contributed by atoms with Gasteiger partial charge in [-0.05, 0) is 45.1 Å². The molecule has 1 aliphatic carbocycles. The second kappa shape index (κ2) is 6.70. The van der Waals surface area contributed by atoms with Crippen molar-refractivity contribution in [3.8, 4) is 0 Å². The fourth-order valence-corrected chi connectivity index (χ4v) is 4.73. The van der Waals surface area contributed by atoms with E-state index in [0.29, 0.717) is 5.56 Å². The molecule has 1 aromatic carbocycles. The molecule has 1 aromatic heterocycles. The number of aromatic nitrogens is 2. The van der Waals surface area contributed by atoms with E-state index < -0.39 is 0 Å². The van der Waals surface area contributed by atoms with Crippen LogP contribution in [0.5, 0.6) is 0 Å². The molecule has 144 valence electrons. The number of hydrogen-bond acceptors (Lipinski definition) is 3. The van der Waals surface area contributed by atoms with Gasteiger partial charge in [0.1, 0.15) is 11.4 Å². The molecule has 0 radical (unpaired) electrons. The molecule has 0 saturated heterocycles. The molecule has 1 fully saturated rings. The number of rotatable bonds is 4. The lowest BCUT2D eigenvalue weighted by Gasteiger charge is -2.38. The monoisotopic (exact) mass is 366 g/mol. The van der Waals surface area contributed by atoms with Crippen LogP contribution in [0, 0.1) is 0 Å². The molecule has 2 N–H and O–H groups in total. The van der Waals surface area contributed by atoms with E-state index in [-0.39, 0.29) is 23.0 Å². The molecule has 27 heavy (non-hydrogen) atoms. The molecular formula is C22H30N4O. The van der Waals surface area contributed by atoms with Crippen molar-refractivity contribution in [3.63, 3.8) is 0 Å². The van der Waals surface area contributed by atoms with Crippen LogP contribution in [0.1, 0.15) is 81.3 Å². The van der Waals surface area contributed by atoms with Crippen molar-refractivity contribution in [1.29, 1.82) is 0 Å². The van der Waals surface area contributed by atoms with Gasteiger partial charge >= 0.3 is 0 Å². The smallest absolute Gasteiger partial charge is 0.257 e. The van der Waals surface area contributed by atoms with Crippen LogP contribution in [-0.4, -0.2) is 21.2 Å². The summed E-state index contributed by atoms with van der Waals surface area (Å²) in [6, 6.07) is 10.6. The summed E-state index contributed by atoms with van der Waals surface area (Å²) in [6.07, 6.45) is 8.17.